The van der Waals surface area contributed by atoms with Crippen LogP contribution in [0.1, 0.15) is 32.1 Å². The first-order valence-electron chi connectivity index (χ1n) is 5.20. The molecule has 1 saturated carbocycles. The summed E-state index contributed by atoms with van der Waals surface area (Å²) in [5, 5.41) is 2.85. The van der Waals surface area contributed by atoms with Crippen molar-refractivity contribution in [1.82, 2.24) is 5.32 Å². The molecular formula is C11H18N2O. The van der Waals surface area contributed by atoms with E-state index in [1.54, 1.807) is 0 Å². The molecule has 0 heterocycles. The molecule has 3 N–H and O–H groups in total. The number of hydrogen-bond donors (Lipinski definition) is 2. The zero-order valence-electron chi connectivity index (χ0n) is 8.46. The Morgan fingerprint density at radius 2 is 2.07 bits per heavy atom. The third kappa shape index (κ3) is 3.39. The summed E-state index contributed by atoms with van der Waals surface area (Å²) in [5.74, 6) is 2.80. The van der Waals surface area contributed by atoms with Crippen molar-refractivity contribution in [2.75, 3.05) is 6.54 Å². The molecule has 0 atom stereocenters. The van der Waals surface area contributed by atoms with Gasteiger partial charge in [-0.1, -0.05) is 0 Å². The Hall–Kier alpha value is -1.01. The molecule has 3 heteroatoms. The van der Waals surface area contributed by atoms with Gasteiger partial charge in [0.2, 0.25) is 5.91 Å². The van der Waals surface area contributed by atoms with Crippen LogP contribution in [0, 0.1) is 18.3 Å². The van der Waals surface area contributed by atoms with Gasteiger partial charge in [0.05, 0.1) is 0 Å². The maximum atomic E-state index is 11.6. The molecule has 0 spiro atoms. The van der Waals surface area contributed by atoms with E-state index in [4.69, 9.17) is 12.2 Å². The number of terminal acetylenes is 1. The lowest BCUT2D eigenvalue weighted by Gasteiger charge is -2.24. The van der Waals surface area contributed by atoms with E-state index in [1.165, 1.54) is 0 Å². The molecule has 1 amide bonds. The van der Waals surface area contributed by atoms with Crippen LogP contribution in [-0.4, -0.2) is 18.5 Å². The molecular weight excluding hydrogens is 176 g/mol. The van der Waals surface area contributed by atoms with Crippen molar-refractivity contribution in [3.63, 3.8) is 0 Å². The molecule has 0 aromatic carbocycles. The lowest BCUT2D eigenvalue weighted by molar-refractivity contribution is -0.125. The first kappa shape index (κ1) is 11.1. The molecule has 3 nitrogen and oxygen atoms in total. The zero-order chi connectivity index (χ0) is 10.4. The quantitative estimate of drug-likeness (QED) is 0.512. The Morgan fingerprint density at radius 3 is 2.64 bits per heavy atom. The van der Waals surface area contributed by atoms with Crippen LogP contribution in [0.25, 0.3) is 0 Å². The number of rotatable bonds is 3. The van der Waals surface area contributed by atoms with Crippen molar-refractivity contribution < 1.29 is 4.79 Å². The normalized spacial score (nSPS) is 26.6. The van der Waals surface area contributed by atoms with Crippen molar-refractivity contribution in [2.24, 2.45) is 11.7 Å². The van der Waals surface area contributed by atoms with Crippen LogP contribution < -0.4 is 11.1 Å². The van der Waals surface area contributed by atoms with Gasteiger partial charge in [-0.25, -0.2) is 0 Å². The minimum atomic E-state index is 0.146. The van der Waals surface area contributed by atoms with Crippen molar-refractivity contribution in [3.05, 3.63) is 0 Å². The summed E-state index contributed by atoms with van der Waals surface area (Å²) in [7, 11) is 0. The van der Waals surface area contributed by atoms with Crippen LogP contribution in [0.15, 0.2) is 0 Å². The fraction of sp³-hybridized carbons (Fsp3) is 0.727. The predicted octanol–water partition coefficient (Wildman–Crippen LogP) is 0.643. The van der Waals surface area contributed by atoms with Gasteiger partial charge >= 0.3 is 0 Å². The summed E-state index contributed by atoms with van der Waals surface area (Å²) in [6, 6.07) is 0.296. The lowest BCUT2D eigenvalue weighted by atomic mass is 9.86. The lowest BCUT2D eigenvalue weighted by Crippen LogP contribution is -2.36. The topological polar surface area (TPSA) is 55.1 Å². The van der Waals surface area contributed by atoms with Crippen LogP contribution >= 0.6 is 0 Å². The van der Waals surface area contributed by atoms with Gasteiger partial charge in [-0.3, -0.25) is 4.79 Å². The maximum Gasteiger partial charge on any atom is 0.223 e. The number of nitrogens with one attached hydrogen (secondary N) is 1. The molecule has 0 saturated heterocycles. The van der Waals surface area contributed by atoms with E-state index < -0.39 is 0 Å². The number of carbonyl (C=O) groups excluding carboxylic acids is 1. The Kier molecular flexibility index (Phi) is 4.48. The molecule has 0 aromatic rings. The average molecular weight is 194 g/mol. The number of carbonyl (C=O) groups is 1. The molecule has 0 aliphatic heterocycles. The minimum absolute atomic E-state index is 0.146. The molecule has 0 unspecified atom stereocenters. The van der Waals surface area contributed by atoms with Crippen LogP contribution in [0.3, 0.4) is 0 Å². The summed E-state index contributed by atoms with van der Waals surface area (Å²) in [6.45, 7) is 0.595. The molecule has 0 aromatic heterocycles. The summed E-state index contributed by atoms with van der Waals surface area (Å²) < 4.78 is 0. The predicted molar refractivity (Wildman–Crippen MR) is 56.4 cm³/mol. The Bertz CT molecular complexity index is 224. The maximum absolute atomic E-state index is 11.6. The highest BCUT2D eigenvalue weighted by Gasteiger charge is 2.23. The molecule has 14 heavy (non-hydrogen) atoms. The summed E-state index contributed by atoms with van der Waals surface area (Å²) in [5.41, 5.74) is 5.76. The SMILES string of the molecule is C#CCCNC(=O)C1CCC(N)CC1. The number of nitrogens with two attached hydrogens (primary N) is 1. The molecule has 0 radical (unpaired) electrons. The summed E-state index contributed by atoms with van der Waals surface area (Å²) in [6.07, 6.45) is 9.47. The van der Waals surface area contributed by atoms with E-state index in [9.17, 15) is 4.79 Å². The Labute approximate surface area is 85.4 Å². The second kappa shape index (κ2) is 5.66. The smallest absolute Gasteiger partial charge is 0.223 e. The van der Waals surface area contributed by atoms with E-state index in [2.05, 4.69) is 11.2 Å². The Balaban J connectivity index is 2.21. The highest BCUT2D eigenvalue weighted by molar-refractivity contribution is 5.78. The molecule has 0 bridgehead atoms. The molecule has 1 rings (SSSR count). The van der Waals surface area contributed by atoms with Gasteiger partial charge in [0.1, 0.15) is 0 Å². The minimum Gasteiger partial charge on any atom is -0.355 e. The van der Waals surface area contributed by atoms with E-state index in [0.717, 1.165) is 25.7 Å². The monoisotopic (exact) mass is 194 g/mol. The van der Waals surface area contributed by atoms with Gasteiger partial charge in [0, 0.05) is 24.9 Å². The summed E-state index contributed by atoms with van der Waals surface area (Å²) in [4.78, 5) is 11.6. The van der Waals surface area contributed by atoms with Gasteiger partial charge in [-0.2, -0.15) is 0 Å². The summed E-state index contributed by atoms with van der Waals surface area (Å²) >= 11 is 0. The van der Waals surface area contributed by atoms with Crippen LogP contribution in [0.5, 0.6) is 0 Å². The second-order valence-corrected chi connectivity index (χ2v) is 3.86. The number of hydrogen-bond acceptors (Lipinski definition) is 2. The van der Waals surface area contributed by atoms with E-state index >= 15 is 0 Å². The van der Waals surface area contributed by atoms with Gasteiger partial charge in [-0.15, -0.1) is 12.3 Å². The van der Waals surface area contributed by atoms with Gasteiger partial charge in [-0.05, 0) is 25.7 Å². The van der Waals surface area contributed by atoms with E-state index in [0.29, 0.717) is 19.0 Å². The first-order chi connectivity index (χ1) is 6.74. The van der Waals surface area contributed by atoms with Crippen molar-refractivity contribution >= 4 is 5.91 Å². The number of amides is 1. The van der Waals surface area contributed by atoms with Crippen LogP contribution in [-0.2, 0) is 4.79 Å². The fourth-order valence-electron chi connectivity index (χ4n) is 1.78. The molecule has 1 aliphatic carbocycles. The second-order valence-electron chi connectivity index (χ2n) is 3.86. The standard InChI is InChI=1S/C11H18N2O/c1-2-3-8-13-11(14)9-4-6-10(12)7-5-9/h1,9-10H,3-8,12H2,(H,13,14). The third-order valence-electron chi connectivity index (χ3n) is 2.71. The largest absolute Gasteiger partial charge is 0.355 e. The Morgan fingerprint density at radius 1 is 1.43 bits per heavy atom. The molecule has 1 fully saturated rings. The van der Waals surface area contributed by atoms with Gasteiger partial charge in [0.25, 0.3) is 0 Å². The van der Waals surface area contributed by atoms with Gasteiger partial charge < -0.3 is 11.1 Å². The van der Waals surface area contributed by atoms with Crippen molar-refractivity contribution in [1.29, 1.82) is 0 Å². The zero-order valence-corrected chi connectivity index (χ0v) is 8.46. The van der Waals surface area contributed by atoms with Crippen LogP contribution in [0.4, 0.5) is 0 Å². The average Bonchev–Trinajstić information content (AvgIpc) is 2.19. The highest BCUT2D eigenvalue weighted by atomic mass is 16.1. The highest BCUT2D eigenvalue weighted by Crippen LogP contribution is 2.22. The molecule has 78 valence electrons. The molecule has 1 aliphatic rings. The van der Waals surface area contributed by atoms with Crippen molar-refractivity contribution in [2.45, 2.75) is 38.1 Å². The fourth-order valence-corrected chi connectivity index (χ4v) is 1.78. The third-order valence-corrected chi connectivity index (χ3v) is 2.71. The van der Waals surface area contributed by atoms with Crippen molar-refractivity contribution in [3.8, 4) is 12.3 Å². The van der Waals surface area contributed by atoms with E-state index in [-0.39, 0.29) is 11.8 Å². The first-order valence-corrected chi connectivity index (χ1v) is 5.20. The van der Waals surface area contributed by atoms with Gasteiger partial charge in [0.15, 0.2) is 0 Å². The van der Waals surface area contributed by atoms with E-state index in [1.807, 2.05) is 0 Å². The van der Waals surface area contributed by atoms with Crippen LogP contribution in [0.2, 0.25) is 0 Å².